The van der Waals surface area contributed by atoms with Gasteiger partial charge in [-0.15, -0.1) is 0 Å². The van der Waals surface area contributed by atoms with Gasteiger partial charge in [0, 0.05) is 55.3 Å². The first-order chi connectivity index (χ1) is 13.1. The predicted octanol–water partition coefficient (Wildman–Crippen LogP) is 2.69. The fourth-order valence-electron chi connectivity index (χ4n) is 4.04. The first kappa shape index (κ1) is 18.7. The maximum Gasteiger partial charge on any atom is 0.271 e. The fourth-order valence-corrected chi connectivity index (χ4v) is 4.30. The third-order valence-corrected chi connectivity index (χ3v) is 6.30. The second kappa shape index (κ2) is 8.12. The maximum atomic E-state index is 12.9. The van der Waals surface area contributed by atoms with Crippen molar-refractivity contribution in [3.05, 3.63) is 40.5 Å². The van der Waals surface area contributed by atoms with Gasteiger partial charge in [-0.25, -0.2) is 0 Å². The van der Waals surface area contributed by atoms with Crippen molar-refractivity contribution >= 4 is 21.8 Å². The molecule has 1 aromatic carbocycles. The van der Waals surface area contributed by atoms with E-state index < -0.39 is 0 Å². The van der Waals surface area contributed by atoms with Crippen molar-refractivity contribution in [3.63, 3.8) is 0 Å². The van der Waals surface area contributed by atoms with Gasteiger partial charge in [-0.05, 0) is 31.2 Å². The summed E-state index contributed by atoms with van der Waals surface area (Å²) in [4.78, 5) is 19.9. The van der Waals surface area contributed by atoms with E-state index in [1.807, 2.05) is 35.2 Å². The van der Waals surface area contributed by atoms with Gasteiger partial charge in [0.25, 0.3) is 5.91 Å². The molecule has 1 unspecified atom stereocenters. The molecule has 0 bridgehead atoms. The standard InChI is InChI=1S/C20H26BrN5O/c1-2-24-9-11-25(12-10-24)17-7-8-26(14-17)20(27)19-13-18(22-23-19)15-3-5-16(21)6-4-15/h3-6,13,17H,2,7-12,14H2,1H3,(H,22,23). The van der Waals surface area contributed by atoms with Crippen molar-refractivity contribution in [3.8, 4) is 11.3 Å². The number of aromatic amines is 1. The summed E-state index contributed by atoms with van der Waals surface area (Å²) in [6, 6.07) is 10.3. The Morgan fingerprint density at radius 2 is 1.93 bits per heavy atom. The number of H-pyrrole nitrogens is 1. The molecule has 1 amide bonds. The van der Waals surface area contributed by atoms with Gasteiger partial charge in [0.2, 0.25) is 0 Å². The van der Waals surface area contributed by atoms with Gasteiger partial charge in [0.1, 0.15) is 5.69 Å². The van der Waals surface area contributed by atoms with Gasteiger partial charge in [-0.1, -0.05) is 35.0 Å². The molecule has 6 nitrogen and oxygen atoms in total. The highest BCUT2D eigenvalue weighted by atomic mass is 79.9. The van der Waals surface area contributed by atoms with Crippen LogP contribution < -0.4 is 0 Å². The second-order valence-corrected chi connectivity index (χ2v) is 8.25. The first-order valence-electron chi connectivity index (χ1n) is 9.71. The van der Waals surface area contributed by atoms with Crippen molar-refractivity contribution in [1.29, 1.82) is 0 Å². The number of aromatic nitrogens is 2. The molecule has 2 aliphatic heterocycles. The summed E-state index contributed by atoms with van der Waals surface area (Å²) < 4.78 is 1.03. The number of amides is 1. The van der Waals surface area contributed by atoms with E-state index in [1.165, 1.54) is 0 Å². The van der Waals surface area contributed by atoms with Gasteiger partial charge < -0.3 is 9.80 Å². The molecule has 2 saturated heterocycles. The first-order valence-corrected chi connectivity index (χ1v) is 10.5. The van der Waals surface area contributed by atoms with E-state index in [0.29, 0.717) is 11.7 Å². The zero-order valence-electron chi connectivity index (χ0n) is 15.7. The van der Waals surface area contributed by atoms with Crippen LogP contribution in [0.1, 0.15) is 23.8 Å². The van der Waals surface area contributed by atoms with Crippen LogP contribution in [-0.4, -0.2) is 82.7 Å². The third kappa shape index (κ3) is 4.10. The molecule has 1 atom stereocenters. The summed E-state index contributed by atoms with van der Waals surface area (Å²) in [6.45, 7) is 9.48. The van der Waals surface area contributed by atoms with Crippen LogP contribution in [0.3, 0.4) is 0 Å². The van der Waals surface area contributed by atoms with Crippen LogP contribution in [0.5, 0.6) is 0 Å². The lowest BCUT2D eigenvalue weighted by Crippen LogP contribution is -2.51. The van der Waals surface area contributed by atoms with Crippen LogP contribution >= 0.6 is 15.9 Å². The molecule has 0 aliphatic carbocycles. The largest absolute Gasteiger partial charge is 0.336 e. The lowest BCUT2D eigenvalue weighted by Gasteiger charge is -2.37. The number of rotatable bonds is 4. The number of hydrogen-bond acceptors (Lipinski definition) is 4. The molecule has 0 spiro atoms. The van der Waals surface area contributed by atoms with Gasteiger partial charge >= 0.3 is 0 Å². The number of hydrogen-bond donors (Lipinski definition) is 1. The van der Waals surface area contributed by atoms with Gasteiger partial charge in [-0.2, -0.15) is 5.10 Å². The summed E-state index contributed by atoms with van der Waals surface area (Å²) in [5.41, 5.74) is 2.38. The average Bonchev–Trinajstić information content (AvgIpc) is 3.38. The molecule has 144 valence electrons. The highest BCUT2D eigenvalue weighted by Gasteiger charge is 2.32. The lowest BCUT2D eigenvalue weighted by molar-refractivity contribution is 0.0740. The molecule has 2 aliphatic rings. The number of carbonyl (C=O) groups is 1. The number of nitrogens with zero attached hydrogens (tertiary/aromatic N) is 4. The summed E-state index contributed by atoms with van der Waals surface area (Å²) in [5.74, 6) is 0.0561. The molecule has 7 heteroatoms. The molecule has 4 rings (SSSR count). The number of likely N-dealkylation sites (tertiary alicyclic amines) is 1. The number of nitrogens with one attached hydrogen (secondary N) is 1. The van der Waals surface area contributed by atoms with Crippen molar-refractivity contribution in [2.24, 2.45) is 0 Å². The molecule has 3 heterocycles. The van der Waals surface area contributed by atoms with Crippen molar-refractivity contribution < 1.29 is 4.79 Å². The van der Waals surface area contributed by atoms with E-state index in [-0.39, 0.29) is 5.91 Å². The Labute approximate surface area is 168 Å². The Morgan fingerprint density at radius 3 is 2.63 bits per heavy atom. The SMILES string of the molecule is CCN1CCN(C2CCN(C(=O)c3cc(-c4ccc(Br)cc4)n[nH]3)C2)CC1. The monoisotopic (exact) mass is 431 g/mol. The topological polar surface area (TPSA) is 55.5 Å². The van der Waals surface area contributed by atoms with E-state index in [2.05, 4.69) is 42.9 Å². The number of halogens is 1. The number of likely N-dealkylation sites (N-methyl/N-ethyl adjacent to an activating group) is 1. The van der Waals surface area contributed by atoms with Crippen LogP contribution in [-0.2, 0) is 0 Å². The summed E-state index contributed by atoms with van der Waals surface area (Å²) in [6.07, 6.45) is 1.06. The molecule has 0 saturated carbocycles. The third-order valence-electron chi connectivity index (χ3n) is 5.77. The van der Waals surface area contributed by atoms with Crippen LogP contribution in [0.2, 0.25) is 0 Å². The van der Waals surface area contributed by atoms with Crippen LogP contribution in [0, 0.1) is 0 Å². The Kier molecular flexibility index (Phi) is 5.61. The molecule has 27 heavy (non-hydrogen) atoms. The van der Waals surface area contributed by atoms with Gasteiger partial charge in [0.15, 0.2) is 0 Å². The summed E-state index contributed by atoms with van der Waals surface area (Å²) >= 11 is 3.44. The minimum Gasteiger partial charge on any atom is -0.336 e. The Balaban J connectivity index is 1.37. The minimum absolute atomic E-state index is 0.0561. The van der Waals surface area contributed by atoms with E-state index in [9.17, 15) is 4.79 Å². The molecular weight excluding hydrogens is 406 g/mol. The average molecular weight is 432 g/mol. The Bertz CT molecular complexity index is 782. The minimum atomic E-state index is 0.0561. The summed E-state index contributed by atoms with van der Waals surface area (Å²) in [5, 5.41) is 7.26. The highest BCUT2D eigenvalue weighted by molar-refractivity contribution is 9.10. The van der Waals surface area contributed by atoms with Crippen LogP contribution in [0.25, 0.3) is 11.3 Å². The van der Waals surface area contributed by atoms with Crippen molar-refractivity contribution in [2.75, 3.05) is 45.8 Å². The second-order valence-electron chi connectivity index (χ2n) is 7.34. The van der Waals surface area contributed by atoms with Crippen molar-refractivity contribution in [2.45, 2.75) is 19.4 Å². The van der Waals surface area contributed by atoms with E-state index in [4.69, 9.17) is 0 Å². The number of carbonyl (C=O) groups excluding carboxylic acids is 1. The Hall–Kier alpha value is -1.70. The van der Waals surface area contributed by atoms with E-state index >= 15 is 0 Å². The van der Waals surface area contributed by atoms with Gasteiger partial charge in [-0.3, -0.25) is 14.8 Å². The Morgan fingerprint density at radius 1 is 1.19 bits per heavy atom. The molecule has 2 fully saturated rings. The van der Waals surface area contributed by atoms with Crippen molar-refractivity contribution in [1.82, 2.24) is 24.9 Å². The van der Waals surface area contributed by atoms with Crippen LogP contribution in [0.15, 0.2) is 34.8 Å². The molecule has 1 aromatic heterocycles. The van der Waals surface area contributed by atoms with Crippen LogP contribution in [0.4, 0.5) is 0 Å². The van der Waals surface area contributed by atoms with Gasteiger partial charge in [0.05, 0.1) is 5.69 Å². The highest BCUT2D eigenvalue weighted by Crippen LogP contribution is 2.23. The molecule has 2 aromatic rings. The lowest BCUT2D eigenvalue weighted by atomic mass is 10.1. The zero-order valence-corrected chi connectivity index (χ0v) is 17.3. The number of piperazine rings is 1. The smallest absolute Gasteiger partial charge is 0.271 e. The van der Waals surface area contributed by atoms with E-state index in [1.54, 1.807) is 0 Å². The summed E-state index contributed by atoms with van der Waals surface area (Å²) in [7, 11) is 0. The molecule has 0 radical (unpaired) electrons. The zero-order chi connectivity index (χ0) is 18.8. The predicted molar refractivity (Wildman–Crippen MR) is 110 cm³/mol. The van der Waals surface area contributed by atoms with E-state index in [0.717, 1.165) is 68.0 Å². The normalized spacial score (nSPS) is 21.7. The molecule has 1 N–H and O–H groups in total. The quantitative estimate of drug-likeness (QED) is 0.808. The molecular formula is C20H26BrN5O. The maximum absolute atomic E-state index is 12.9. The number of benzene rings is 1. The fraction of sp³-hybridized carbons (Fsp3) is 0.500.